The van der Waals surface area contributed by atoms with Crippen LogP contribution in [0.25, 0.3) is 0 Å². The van der Waals surface area contributed by atoms with Crippen LogP contribution in [-0.2, 0) is 33.6 Å². The van der Waals surface area contributed by atoms with E-state index in [1.807, 2.05) is 25.2 Å². The van der Waals surface area contributed by atoms with Crippen LogP contribution in [0.1, 0.15) is 460 Å². The van der Waals surface area contributed by atoms with Crippen LogP contribution < -0.4 is 0 Å². The van der Waals surface area contributed by atoms with Crippen LogP contribution in [0.15, 0.2) is 58.2 Å². The van der Waals surface area contributed by atoms with Crippen molar-refractivity contribution in [3.05, 3.63) is 58.2 Å². The number of aliphatic carboxylic acids is 2. The molecule has 0 aromatic rings. The minimum absolute atomic E-state index is 0.0755. The molecule has 15 nitrogen and oxygen atoms in total. The number of fused-ring (bicyclic) bond motifs is 25. The highest BCUT2D eigenvalue weighted by Gasteiger charge is 2.69. The lowest BCUT2D eigenvalue weighted by Crippen LogP contribution is -2.55. The summed E-state index contributed by atoms with van der Waals surface area (Å²) in [5.41, 5.74) is 8.37. The molecule has 147 heavy (non-hydrogen) atoms. The molecule has 15 saturated carbocycles. The van der Waals surface area contributed by atoms with Crippen LogP contribution in [-0.4, -0.2) is 119 Å². The fourth-order valence-electron chi connectivity index (χ4n) is 42.0. The molecule has 0 radical (unpaired) electrons. The second kappa shape index (κ2) is 45.4. The number of aliphatic hydroxyl groups excluding tert-OH is 6. The van der Waals surface area contributed by atoms with E-state index in [0.29, 0.717) is 191 Å². The smallest absolute Gasteiger partial charge is 0.306 e. The molecular weight excluding hydrogens is 1830 g/mol. The van der Waals surface area contributed by atoms with Crippen LogP contribution in [0.3, 0.4) is 0 Å². The number of carboxylic acids is 2. The van der Waals surface area contributed by atoms with Gasteiger partial charge in [-0.1, -0.05) is 256 Å². The molecule has 0 aliphatic heterocycles. The van der Waals surface area contributed by atoms with E-state index in [1.54, 1.807) is 0 Å². The van der Waals surface area contributed by atoms with Crippen LogP contribution >= 0.6 is 0 Å². The lowest BCUT2D eigenvalue weighted by atomic mass is 9.45. The van der Waals surface area contributed by atoms with E-state index < -0.39 is 18.0 Å². The molecule has 20 aliphatic rings. The first kappa shape index (κ1) is 115. The van der Waals surface area contributed by atoms with Gasteiger partial charge in [0.05, 0.1) is 36.4 Å². The minimum atomic E-state index is -0.699. The quantitative estimate of drug-likeness (QED) is 0.0374. The third-order valence-electron chi connectivity index (χ3n) is 50.7. The normalized spacial score (nSPS) is 45.2. The number of hydrogen-bond donors (Lipinski definition) is 8. The standard InChI is InChI=1S/C27H42O4.C27H44O3.2C27H44O2.C24H36O4/c1-16(6-5-7-17(2)25(30)31)20-8-9-21-24-22(11-13-27(20,21)4)26(3)12-10-19(28)14-18(26)15-23(24)29;1-17(16-28)6-5-7-18(2)21-8-9-22-25-23(11-13-27(21,22)4)26(3)12-10-20(29)14-19(26)15-24(25)30;2*1-17(2)7-6-8-18(3)21-9-10-22-25-23(12-14-27(21,22)5)26(4)13-11-20(28)15-19(26)16-24(25)29;1-14(4-7-21(27)28)17-5-6-18-22-19(9-11-24(17,18)3)23(2)10-8-16(25)12-15(23)13-20(22)26/h14,16-17,20-24,29H,5-13,15H2,1-4H3,(H,30,31);15,17-18,21-25,28,30H,5-14,16H2,1-4H3;16-18,21-25,29H,6-15H2,1-5H3;16-18,20-23,25,28H,6-15H2,1-5H3;13-14,17-20,22,26H,4-12H2,1-3H3,(H,27,28)/t16-,17-,20?,21?,22?,23-,24?,26+,27-;17-,18-,21?,22?,23?,24-,25?,26+,27-;18-,21?,22?,23?,24-,25?,26+,27-;18-,20+,21?,22?,23?,25?,26+,27-;14-,17?,18?,19?,20-,22?,23+,24-/m11111/s1. The van der Waals surface area contributed by atoms with E-state index in [2.05, 4.69) is 151 Å². The Balaban J connectivity index is 0.000000131. The number of rotatable bonds is 26. The second-order valence-electron chi connectivity index (χ2n) is 59.1. The zero-order chi connectivity index (χ0) is 106. The van der Waals surface area contributed by atoms with E-state index in [9.17, 15) is 64.2 Å². The van der Waals surface area contributed by atoms with Gasteiger partial charge in [-0.3, -0.25) is 33.6 Å². The molecule has 15 fully saturated rings. The van der Waals surface area contributed by atoms with Gasteiger partial charge in [0.1, 0.15) is 17.3 Å². The number of aliphatic hydroxyl groups is 6. The molecular formula is C132H210O15. The molecule has 0 bridgehead atoms. The van der Waals surface area contributed by atoms with Gasteiger partial charge < -0.3 is 40.9 Å². The van der Waals surface area contributed by atoms with Gasteiger partial charge in [-0.15, -0.1) is 0 Å². The summed E-state index contributed by atoms with van der Waals surface area (Å²) in [6.45, 7) is 50.2. The number of allylic oxidation sites excluding steroid dienone is 4. The molecule has 15 heteroatoms. The van der Waals surface area contributed by atoms with Crippen LogP contribution in [0.4, 0.5) is 0 Å². The van der Waals surface area contributed by atoms with Crippen LogP contribution in [0.5, 0.6) is 0 Å². The molecule has 0 amide bonds. The molecule has 0 aromatic heterocycles. The molecule has 20 unspecified atom stereocenters. The zero-order valence-corrected chi connectivity index (χ0v) is 96.3. The largest absolute Gasteiger partial charge is 0.481 e. The van der Waals surface area contributed by atoms with Crippen molar-refractivity contribution in [1.82, 2.24) is 0 Å². The summed E-state index contributed by atoms with van der Waals surface area (Å²) in [7, 11) is 0. The minimum Gasteiger partial charge on any atom is -0.481 e. The Labute approximate surface area is 890 Å². The SMILES string of the molecule is CC(C)CCC[C@@H](C)C1CCC2C3C(=O)C=C4C[C@@H](O)CC[C@]4(C)C3CC[C@@]21C.CC(C)CCC[C@@H](C)C1CCC2C3C(CC[C@@]21C)[C@@]1(C)CCC(=O)CC1=C[C@H]3O.C[C@@H](CO)CCC[C@@H](C)C1CCC2C3C(CC[C@@]21C)[C@@]1(C)CCC(=O)CC1=C[C@H]3O.C[C@H](CCC(=O)O)C1CCC2C3C(CC[C@@]21C)[C@@]1(C)CCC(=O)CC1=C[C@H]3O.C[C@H](CCC[C@@H](C)C1CCC2C3C(CC[C@@]21C)[C@@]1(C)CCC(=O)C=C1C[C@H]3O)C(=O)O. The predicted octanol–water partition coefficient (Wildman–Crippen LogP) is 28.9. The summed E-state index contributed by atoms with van der Waals surface area (Å²) in [6, 6.07) is 0. The number of carbonyl (C=O) groups is 7. The Hall–Kier alpha value is -4.25. The van der Waals surface area contributed by atoms with Gasteiger partial charge in [0.2, 0.25) is 0 Å². The van der Waals surface area contributed by atoms with Crippen molar-refractivity contribution in [3.8, 4) is 0 Å². The summed E-state index contributed by atoms with van der Waals surface area (Å²) >= 11 is 0. The summed E-state index contributed by atoms with van der Waals surface area (Å²) in [5.74, 6) is 16.2. The summed E-state index contributed by atoms with van der Waals surface area (Å²) in [4.78, 5) is 83.8. The van der Waals surface area contributed by atoms with Gasteiger partial charge in [0.25, 0.3) is 0 Å². The van der Waals surface area contributed by atoms with Gasteiger partial charge in [-0.05, 0) is 425 Å². The summed E-state index contributed by atoms with van der Waals surface area (Å²) in [6.07, 6.45) is 60.6. The monoisotopic (exact) mass is 2040 g/mol. The maximum atomic E-state index is 13.4. The van der Waals surface area contributed by atoms with Crippen LogP contribution in [0, 0.1) is 226 Å². The first-order valence-electron chi connectivity index (χ1n) is 61.9. The number of Topliss-reactive ketones (excluding diaryl/α,β-unsaturated/α-hetero) is 3. The van der Waals surface area contributed by atoms with Crippen molar-refractivity contribution in [3.63, 3.8) is 0 Å². The maximum Gasteiger partial charge on any atom is 0.306 e. The van der Waals surface area contributed by atoms with E-state index >= 15 is 0 Å². The topological polar surface area (TPSA) is 281 Å². The third kappa shape index (κ3) is 21.9. The van der Waals surface area contributed by atoms with Gasteiger partial charge >= 0.3 is 11.9 Å². The van der Waals surface area contributed by atoms with Crippen molar-refractivity contribution < 1.29 is 74.4 Å². The Morgan fingerprint density at radius 2 is 0.646 bits per heavy atom. The van der Waals surface area contributed by atoms with Crippen molar-refractivity contribution in [1.29, 1.82) is 0 Å². The number of carbonyl (C=O) groups excluding carboxylic acids is 5. The Kier molecular flexibility index (Phi) is 35.6. The van der Waals surface area contributed by atoms with E-state index in [4.69, 9.17) is 10.2 Å². The molecule has 0 spiro atoms. The first-order chi connectivity index (χ1) is 69.3. The van der Waals surface area contributed by atoms with E-state index in [-0.39, 0.29) is 92.3 Å². The Morgan fingerprint density at radius 3 is 1.02 bits per heavy atom. The number of carboxylic acid groups (broad SMARTS) is 2. The zero-order valence-electron chi connectivity index (χ0n) is 96.3. The highest BCUT2D eigenvalue weighted by molar-refractivity contribution is 5.95. The molecule has 8 N–H and O–H groups in total. The van der Waals surface area contributed by atoms with Crippen molar-refractivity contribution in [2.75, 3.05) is 6.61 Å². The number of ketones is 5. The van der Waals surface area contributed by atoms with Gasteiger partial charge in [-0.25, -0.2) is 0 Å². The average molecular weight is 2040 g/mol. The summed E-state index contributed by atoms with van der Waals surface area (Å²) in [5, 5.41) is 82.7. The highest BCUT2D eigenvalue weighted by Crippen LogP contribution is 2.75. The Bertz CT molecular complexity index is 4830. The Morgan fingerprint density at radius 1 is 0.327 bits per heavy atom. The second-order valence-corrected chi connectivity index (χ2v) is 59.1. The van der Waals surface area contributed by atoms with E-state index in [1.165, 1.54) is 182 Å². The molecule has 20 aliphatic carbocycles. The molecule has 0 saturated heterocycles. The maximum absolute atomic E-state index is 13.4. The first-order valence-corrected chi connectivity index (χ1v) is 61.9. The van der Waals surface area contributed by atoms with Gasteiger partial charge in [-0.2, -0.15) is 0 Å². The summed E-state index contributed by atoms with van der Waals surface area (Å²) < 4.78 is 0. The molecule has 0 aromatic carbocycles. The average Bonchev–Trinajstić information content (AvgIpc) is 1.68. The lowest BCUT2D eigenvalue weighted by Gasteiger charge is -2.60. The lowest BCUT2D eigenvalue weighted by molar-refractivity contribution is -0.141. The number of hydrogen-bond acceptors (Lipinski definition) is 13. The van der Waals surface area contributed by atoms with E-state index in [0.717, 1.165) is 163 Å². The van der Waals surface area contributed by atoms with Crippen molar-refractivity contribution in [2.24, 2.45) is 226 Å². The predicted molar refractivity (Wildman–Crippen MR) is 589 cm³/mol. The molecule has 20 rings (SSSR count). The molecule has 0 heterocycles. The third-order valence-corrected chi connectivity index (χ3v) is 50.7. The fourth-order valence-corrected chi connectivity index (χ4v) is 42.0. The van der Waals surface area contributed by atoms with Crippen LogP contribution in [0.2, 0.25) is 0 Å². The highest BCUT2D eigenvalue weighted by atomic mass is 16.4. The molecule has 828 valence electrons. The van der Waals surface area contributed by atoms with Gasteiger partial charge in [0, 0.05) is 63.9 Å². The van der Waals surface area contributed by atoms with Crippen molar-refractivity contribution in [2.45, 2.75) is 491 Å². The molecule has 42 atom stereocenters. The van der Waals surface area contributed by atoms with Gasteiger partial charge in [0.15, 0.2) is 11.6 Å². The van der Waals surface area contributed by atoms with Crippen molar-refractivity contribution >= 4 is 40.9 Å². The fraction of sp³-hybridized carbons (Fsp3) is 0.871.